The number of esters is 2. The van der Waals surface area contributed by atoms with Gasteiger partial charge in [-0.25, -0.2) is 9.59 Å². The summed E-state index contributed by atoms with van der Waals surface area (Å²) >= 11 is 0. The molecule has 8 heteroatoms. The van der Waals surface area contributed by atoms with E-state index in [4.69, 9.17) is 23.4 Å². The first-order chi connectivity index (χ1) is 17.6. The van der Waals surface area contributed by atoms with E-state index in [9.17, 15) is 9.59 Å². The molecule has 0 N–H and O–H groups in total. The van der Waals surface area contributed by atoms with Crippen LogP contribution in [0.25, 0.3) is 0 Å². The molecule has 1 aromatic carbocycles. The molecule has 1 fully saturated rings. The third-order valence-corrected chi connectivity index (χ3v) is 13.7. The summed E-state index contributed by atoms with van der Waals surface area (Å²) in [6.45, 7) is 17.6. The van der Waals surface area contributed by atoms with Crippen LogP contribution in [0.15, 0.2) is 17.7 Å². The first kappa shape index (κ1) is 28.7. The van der Waals surface area contributed by atoms with Gasteiger partial charge in [-0.15, -0.1) is 0 Å². The Hall–Kier alpha value is -2.32. The summed E-state index contributed by atoms with van der Waals surface area (Å²) in [5.41, 5.74) is 1.87. The van der Waals surface area contributed by atoms with Gasteiger partial charge in [0, 0.05) is 17.4 Å². The Kier molecular flexibility index (Phi) is 7.56. The van der Waals surface area contributed by atoms with E-state index in [0.717, 1.165) is 31.2 Å². The van der Waals surface area contributed by atoms with Gasteiger partial charge >= 0.3 is 11.9 Å². The molecular formula is C30H44O7Si. The Bertz CT molecular complexity index is 1140. The lowest BCUT2D eigenvalue weighted by atomic mass is 9.63. The van der Waals surface area contributed by atoms with Crippen LogP contribution < -0.4 is 9.47 Å². The van der Waals surface area contributed by atoms with Crippen molar-refractivity contribution in [2.24, 2.45) is 5.92 Å². The maximum absolute atomic E-state index is 13.0. The van der Waals surface area contributed by atoms with Crippen LogP contribution in [0.1, 0.15) is 99.4 Å². The lowest BCUT2D eigenvalue weighted by molar-refractivity contribution is -0.0774. The number of methoxy groups -OCH3 is 2. The molecule has 4 rings (SSSR count). The molecule has 2 heterocycles. The number of hydrogen-bond acceptors (Lipinski definition) is 7. The van der Waals surface area contributed by atoms with Crippen LogP contribution >= 0.6 is 0 Å². The van der Waals surface area contributed by atoms with Crippen LogP contribution in [0.3, 0.4) is 0 Å². The van der Waals surface area contributed by atoms with E-state index in [0.29, 0.717) is 11.5 Å². The molecule has 2 aliphatic heterocycles. The fourth-order valence-corrected chi connectivity index (χ4v) is 7.49. The normalized spacial score (nSPS) is 27.5. The third kappa shape index (κ3) is 4.79. The van der Waals surface area contributed by atoms with Gasteiger partial charge in [0.2, 0.25) is 0 Å². The van der Waals surface area contributed by atoms with Crippen LogP contribution in [0.4, 0.5) is 0 Å². The number of rotatable bonds is 7. The van der Waals surface area contributed by atoms with Crippen molar-refractivity contribution in [3.05, 3.63) is 34.4 Å². The van der Waals surface area contributed by atoms with Crippen LogP contribution in [0.2, 0.25) is 18.1 Å². The minimum Gasteiger partial charge on any atom is -0.487 e. The lowest BCUT2D eigenvalue weighted by Crippen LogP contribution is -2.56. The van der Waals surface area contributed by atoms with Crippen LogP contribution in [-0.2, 0) is 13.9 Å². The summed E-state index contributed by atoms with van der Waals surface area (Å²) in [5, 5.41) is 0.0459. The summed E-state index contributed by atoms with van der Waals surface area (Å²) in [6, 6.07) is 1.65. The molecule has 0 bridgehead atoms. The van der Waals surface area contributed by atoms with Crippen molar-refractivity contribution in [3.63, 3.8) is 0 Å². The highest BCUT2D eigenvalue weighted by Gasteiger charge is 2.60. The molecule has 0 amide bonds. The molecule has 3 aliphatic rings. The van der Waals surface area contributed by atoms with Crippen molar-refractivity contribution in [2.45, 2.75) is 109 Å². The van der Waals surface area contributed by atoms with Crippen molar-refractivity contribution < 1.29 is 33.0 Å². The summed E-state index contributed by atoms with van der Waals surface area (Å²) in [6.07, 6.45) is 5.35. The molecule has 1 aliphatic carbocycles. The van der Waals surface area contributed by atoms with Crippen molar-refractivity contribution in [3.8, 4) is 11.5 Å². The predicted octanol–water partition coefficient (Wildman–Crippen LogP) is 6.80. The minimum atomic E-state index is -2.10. The third-order valence-electron chi connectivity index (χ3n) is 9.15. The van der Waals surface area contributed by atoms with E-state index < -0.39 is 25.9 Å². The van der Waals surface area contributed by atoms with E-state index in [1.165, 1.54) is 19.8 Å². The Morgan fingerprint density at radius 3 is 2.37 bits per heavy atom. The number of hydrogen-bond donors (Lipinski definition) is 0. The largest absolute Gasteiger partial charge is 0.487 e. The topological polar surface area (TPSA) is 80.3 Å². The summed E-state index contributed by atoms with van der Waals surface area (Å²) in [5.74, 6) is -0.118. The van der Waals surface area contributed by atoms with Gasteiger partial charge in [0.15, 0.2) is 8.32 Å². The molecule has 7 nitrogen and oxygen atoms in total. The first-order valence-electron chi connectivity index (χ1n) is 13.7. The quantitative estimate of drug-likeness (QED) is 0.212. The molecule has 0 saturated heterocycles. The Morgan fingerprint density at radius 2 is 1.79 bits per heavy atom. The monoisotopic (exact) mass is 544 g/mol. The van der Waals surface area contributed by atoms with Crippen LogP contribution in [0.5, 0.6) is 11.5 Å². The number of carbonyl (C=O) groups excluding carboxylic acids is 2. The molecule has 0 aromatic heterocycles. The van der Waals surface area contributed by atoms with Crippen molar-refractivity contribution >= 4 is 20.3 Å². The smallest absolute Gasteiger partial charge is 0.342 e. The molecule has 210 valence electrons. The van der Waals surface area contributed by atoms with Gasteiger partial charge < -0.3 is 23.4 Å². The van der Waals surface area contributed by atoms with Gasteiger partial charge in [0.05, 0.1) is 25.9 Å². The standard InChI is InChI=1S/C30H44O7Si/c1-17(2)12-11-15-30(6)19-13-14-20(37-38(9,10)29(3,4)5)25-23(19)24-21(36-30)16-18(27(31)33-7)22(26(24)35-25)28(32)34-8/h12,16,19-20,23,25H,11,13-15H2,1-10H3/t19-,20-,23+,25+,30+/m1/s1. The van der Waals surface area contributed by atoms with Gasteiger partial charge in [-0.2, -0.15) is 0 Å². The molecule has 0 radical (unpaired) electrons. The zero-order valence-electron chi connectivity index (χ0n) is 24.7. The van der Waals surface area contributed by atoms with Gasteiger partial charge in [-0.1, -0.05) is 32.4 Å². The van der Waals surface area contributed by atoms with E-state index in [2.05, 4.69) is 60.7 Å². The first-order valence-corrected chi connectivity index (χ1v) is 16.6. The molecule has 38 heavy (non-hydrogen) atoms. The average Bonchev–Trinajstić information content (AvgIpc) is 3.22. The fraction of sp³-hybridized carbons (Fsp3) is 0.667. The highest BCUT2D eigenvalue weighted by atomic mass is 28.4. The molecular weight excluding hydrogens is 500 g/mol. The van der Waals surface area contributed by atoms with Crippen molar-refractivity contribution in [1.82, 2.24) is 0 Å². The Morgan fingerprint density at radius 1 is 1.13 bits per heavy atom. The fourth-order valence-electron chi connectivity index (χ4n) is 6.12. The molecule has 1 aromatic rings. The van der Waals surface area contributed by atoms with Crippen molar-refractivity contribution in [1.29, 1.82) is 0 Å². The molecule has 5 atom stereocenters. The minimum absolute atomic E-state index is 0.0101. The second kappa shape index (κ2) is 10.0. The number of allylic oxidation sites excluding steroid dienone is 2. The Balaban J connectivity index is 1.87. The highest BCUT2D eigenvalue weighted by molar-refractivity contribution is 6.74. The zero-order chi connectivity index (χ0) is 28.2. The Labute approximate surface area is 228 Å². The van der Waals surface area contributed by atoms with Crippen molar-refractivity contribution in [2.75, 3.05) is 14.2 Å². The van der Waals surface area contributed by atoms with Crippen LogP contribution in [0, 0.1) is 5.92 Å². The van der Waals surface area contributed by atoms with Gasteiger partial charge in [0.25, 0.3) is 0 Å². The molecule has 0 unspecified atom stereocenters. The van der Waals surface area contributed by atoms with Gasteiger partial charge in [0.1, 0.15) is 28.8 Å². The average molecular weight is 545 g/mol. The van der Waals surface area contributed by atoms with E-state index in [1.54, 1.807) is 6.07 Å². The number of benzene rings is 1. The second-order valence-electron chi connectivity index (χ2n) is 13.0. The predicted molar refractivity (Wildman–Crippen MR) is 149 cm³/mol. The lowest BCUT2D eigenvalue weighted by Gasteiger charge is -2.51. The summed E-state index contributed by atoms with van der Waals surface area (Å²) < 4.78 is 30.6. The molecule has 1 saturated carbocycles. The molecule has 0 spiro atoms. The van der Waals surface area contributed by atoms with Crippen LogP contribution in [-0.4, -0.2) is 52.3 Å². The maximum Gasteiger partial charge on any atom is 0.342 e. The second-order valence-corrected chi connectivity index (χ2v) is 17.7. The number of ether oxygens (including phenoxy) is 4. The zero-order valence-corrected chi connectivity index (χ0v) is 25.7. The summed E-state index contributed by atoms with van der Waals surface area (Å²) in [7, 11) is 0.500. The van der Waals surface area contributed by atoms with E-state index in [-0.39, 0.29) is 40.2 Å². The van der Waals surface area contributed by atoms with Gasteiger partial charge in [-0.05, 0) is 70.7 Å². The SMILES string of the molecule is COC(=O)c1cc2c3c(c1C(=O)OC)O[C@@H]1[C@H]3[C@@H](CC[C@H]1O[Si](C)(C)C(C)(C)C)[C@](C)(CCC=C(C)C)O2. The van der Waals surface area contributed by atoms with E-state index in [1.807, 2.05) is 0 Å². The number of carbonyl (C=O) groups is 2. The highest BCUT2D eigenvalue weighted by Crippen LogP contribution is 2.61. The van der Waals surface area contributed by atoms with E-state index >= 15 is 0 Å². The summed E-state index contributed by atoms with van der Waals surface area (Å²) in [4.78, 5) is 25.9. The maximum atomic E-state index is 13.0. The van der Waals surface area contributed by atoms with Gasteiger partial charge in [-0.3, -0.25) is 0 Å².